The standard InChI is InChI=1S/C14H12N4O/c19-10-13-7-15-8-14(17-13)18-9-12(6-16-18)11-4-2-1-3-5-11/h1-9,19H,10H2. The first kappa shape index (κ1) is 11.6. The highest BCUT2D eigenvalue weighted by Gasteiger charge is 2.05. The Morgan fingerprint density at radius 3 is 2.63 bits per heavy atom. The van der Waals surface area contributed by atoms with Crippen LogP contribution in [0.3, 0.4) is 0 Å². The molecule has 0 atom stereocenters. The molecule has 5 heteroatoms. The third-order valence-electron chi connectivity index (χ3n) is 2.76. The van der Waals surface area contributed by atoms with Crippen molar-refractivity contribution in [1.82, 2.24) is 19.7 Å². The molecule has 3 rings (SSSR count). The van der Waals surface area contributed by atoms with Gasteiger partial charge < -0.3 is 5.11 Å². The van der Waals surface area contributed by atoms with Crippen LogP contribution in [0.25, 0.3) is 16.9 Å². The molecule has 0 fully saturated rings. The van der Waals surface area contributed by atoms with Gasteiger partial charge in [0.15, 0.2) is 5.82 Å². The molecule has 0 amide bonds. The second-order valence-corrected chi connectivity index (χ2v) is 4.07. The third kappa shape index (κ3) is 2.36. The van der Waals surface area contributed by atoms with Crippen molar-refractivity contribution in [3.05, 3.63) is 60.8 Å². The van der Waals surface area contributed by atoms with Crippen molar-refractivity contribution in [2.45, 2.75) is 6.61 Å². The van der Waals surface area contributed by atoms with E-state index in [4.69, 9.17) is 5.11 Å². The van der Waals surface area contributed by atoms with E-state index in [-0.39, 0.29) is 6.61 Å². The van der Waals surface area contributed by atoms with Crippen LogP contribution in [0.15, 0.2) is 55.1 Å². The van der Waals surface area contributed by atoms with Crippen LogP contribution in [0.2, 0.25) is 0 Å². The van der Waals surface area contributed by atoms with Crippen LogP contribution in [0.5, 0.6) is 0 Å². The van der Waals surface area contributed by atoms with Gasteiger partial charge in [0, 0.05) is 11.8 Å². The summed E-state index contributed by atoms with van der Waals surface area (Å²) in [6.45, 7) is -0.131. The molecule has 1 aromatic carbocycles. The number of hydrogen-bond acceptors (Lipinski definition) is 4. The average molecular weight is 252 g/mol. The molecule has 0 bridgehead atoms. The molecule has 0 unspecified atom stereocenters. The Kier molecular flexibility index (Phi) is 3.04. The summed E-state index contributed by atoms with van der Waals surface area (Å²) in [5.74, 6) is 0.591. The number of aliphatic hydroxyl groups is 1. The number of aromatic nitrogens is 4. The van der Waals surface area contributed by atoms with Crippen molar-refractivity contribution >= 4 is 0 Å². The molecular weight excluding hydrogens is 240 g/mol. The predicted octanol–water partition coefficient (Wildman–Crippen LogP) is 1.82. The topological polar surface area (TPSA) is 63.8 Å². The molecule has 5 nitrogen and oxygen atoms in total. The lowest BCUT2D eigenvalue weighted by Crippen LogP contribution is -2.01. The fraction of sp³-hybridized carbons (Fsp3) is 0.0714. The summed E-state index contributed by atoms with van der Waals surface area (Å²) in [6.07, 6.45) is 6.81. The number of hydrogen-bond donors (Lipinski definition) is 1. The maximum atomic E-state index is 9.06. The molecule has 0 saturated carbocycles. The van der Waals surface area contributed by atoms with Crippen LogP contribution in [0.1, 0.15) is 5.69 Å². The zero-order chi connectivity index (χ0) is 13.1. The first-order valence-electron chi connectivity index (χ1n) is 5.89. The summed E-state index contributed by atoms with van der Waals surface area (Å²) in [5, 5.41) is 13.3. The lowest BCUT2D eigenvalue weighted by molar-refractivity contribution is 0.276. The Labute approximate surface area is 110 Å². The molecule has 1 N–H and O–H groups in total. The second kappa shape index (κ2) is 4.99. The summed E-state index contributed by atoms with van der Waals surface area (Å²) in [6, 6.07) is 10.00. The highest BCUT2D eigenvalue weighted by atomic mass is 16.3. The zero-order valence-electron chi connectivity index (χ0n) is 10.1. The largest absolute Gasteiger partial charge is 0.390 e. The monoisotopic (exact) mass is 252 g/mol. The van der Waals surface area contributed by atoms with Crippen molar-refractivity contribution in [2.24, 2.45) is 0 Å². The van der Waals surface area contributed by atoms with E-state index < -0.39 is 0 Å². The summed E-state index contributed by atoms with van der Waals surface area (Å²) in [4.78, 5) is 8.29. The van der Waals surface area contributed by atoms with Crippen LogP contribution in [0.4, 0.5) is 0 Å². The van der Waals surface area contributed by atoms with E-state index in [2.05, 4.69) is 15.1 Å². The minimum absolute atomic E-state index is 0.131. The van der Waals surface area contributed by atoms with Gasteiger partial charge >= 0.3 is 0 Å². The highest BCUT2D eigenvalue weighted by Crippen LogP contribution is 2.18. The molecule has 19 heavy (non-hydrogen) atoms. The van der Waals surface area contributed by atoms with Crippen molar-refractivity contribution < 1.29 is 5.11 Å². The SMILES string of the molecule is OCc1cncc(-n2cc(-c3ccccc3)cn2)n1. The number of benzene rings is 1. The molecule has 0 saturated heterocycles. The summed E-state index contributed by atoms with van der Waals surface area (Å²) in [7, 11) is 0. The number of rotatable bonds is 3. The van der Waals surface area contributed by atoms with Gasteiger partial charge in [0.25, 0.3) is 0 Å². The van der Waals surface area contributed by atoms with E-state index >= 15 is 0 Å². The van der Waals surface area contributed by atoms with Gasteiger partial charge in [-0.3, -0.25) is 4.98 Å². The minimum atomic E-state index is -0.131. The van der Waals surface area contributed by atoms with Gasteiger partial charge in [-0.05, 0) is 5.56 Å². The third-order valence-corrected chi connectivity index (χ3v) is 2.76. The Morgan fingerprint density at radius 1 is 1.00 bits per heavy atom. The first-order valence-corrected chi connectivity index (χ1v) is 5.89. The molecule has 94 valence electrons. The van der Waals surface area contributed by atoms with E-state index in [9.17, 15) is 0 Å². The van der Waals surface area contributed by atoms with Gasteiger partial charge in [-0.25, -0.2) is 9.67 Å². The second-order valence-electron chi connectivity index (χ2n) is 4.07. The molecule has 2 aromatic heterocycles. The van der Waals surface area contributed by atoms with Gasteiger partial charge in [-0.1, -0.05) is 30.3 Å². The predicted molar refractivity (Wildman–Crippen MR) is 70.5 cm³/mol. The van der Waals surface area contributed by atoms with Crippen LogP contribution >= 0.6 is 0 Å². The molecule has 2 heterocycles. The summed E-state index contributed by atoms with van der Waals surface area (Å²) >= 11 is 0. The van der Waals surface area contributed by atoms with E-state index in [1.54, 1.807) is 17.1 Å². The lowest BCUT2D eigenvalue weighted by atomic mass is 10.1. The summed E-state index contributed by atoms with van der Waals surface area (Å²) in [5.41, 5.74) is 2.63. The fourth-order valence-electron chi connectivity index (χ4n) is 1.81. The van der Waals surface area contributed by atoms with Crippen molar-refractivity contribution in [3.63, 3.8) is 0 Å². The number of aliphatic hydroxyl groups excluding tert-OH is 1. The van der Waals surface area contributed by atoms with Crippen molar-refractivity contribution in [2.75, 3.05) is 0 Å². The van der Waals surface area contributed by atoms with E-state index in [0.717, 1.165) is 11.1 Å². The molecule has 0 spiro atoms. The van der Waals surface area contributed by atoms with Gasteiger partial charge in [0.05, 0.1) is 30.9 Å². The smallest absolute Gasteiger partial charge is 0.172 e. The molecule has 3 aromatic rings. The Morgan fingerprint density at radius 2 is 1.84 bits per heavy atom. The minimum Gasteiger partial charge on any atom is -0.390 e. The first-order chi connectivity index (χ1) is 9.36. The molecule has 0 aliphatic carbocycles. The molecule has 0 aliphatic rings. The molecule has 0 aliphatic heterocycles. The van der Waals surface area contributed by atoms with E-state index in [1.165, 1.54) is 6.20 Å². The van der Waals surface area contributed by atoms with Crippen molar-refractivity contribution in [1.29, 1.82) is 0 Å². The van der Waals surface area contributed by atoms with Crippen LogP contribution < -0.4 is 0 Å². The van der Waals surface area contributed by atoms with Crippen LogP contribution in [-0.2, 0) is 6.61 Å². The van der Waals surface area contributed by atoms with Gasteiger partial charge in [0.1, 0.15) is 0 Å². The lowest BCUT2D eigenvalue weighted by Gasteiger charge is -2.01. The van der Waals surface area contributed by atoms with Gasteiger partial charge in [0.2, 0.25) is 0 Å². The Balaban J connectivity index is 1.97. The van der Waals surface area contributed by atoms with Crippen LogP contribution in [-0.4, -0.2) is 24.9 Å². The highest BCUT2D eigenvalue weighted by molar-refractivity contribution is 5.61. The van der Waals surface area contributed by atoms with E-state index in [1.807, 2.05) is 36.5 Å². The zero-order valence-corrected chi connectivity index (χ0v) is 10.1. The fourth-order valence-corrected chi connectivity index (χ4v) is 1.81. The van der Waals surface area contributed by atoms with Gasteiger partial charge in [-0.2, -0.15) is 5.10 Å². The normalized spacial score (nSPS) is 10.6. The van der Waals surface area contributed by atoms with Crippen molar-refractivity contribution in [3.8, 4) is 16.9 Å². The Bertz CT molecular complexity index is 679. The van der Waals surface area contributed by atoms with E-state index in [0.29, 0.717) is 11.5 Å². The molecule has 0 radical (unpaired) electrons. The Hall–Kier alpha value is -2.53. The maximum absolute atomic E-state index is 9.06. The van der Waals surface area contributed by atoms with Crippen LogP contribution in [0, 0.1) is 0 Å². The molecular formula is C14H12N4O. The average Bonchev–Trinajstić information content (AvgIpc) is 2.98. The summed E-state index contributed by atoms with van der Waals surface area (Å²) < 4.78 is 1.65. The van der Waals surface area contributed by atoms with Gasteiger partial charge in [-0.15, -0.1) is 0 Å². The maximum Gasteiger partial charge on any atom is 0.172 e. The quantitative estimate of drug-likeness (QED) is 0.772. The number of nitrogens with zero attached hydrogens (tertiary/aromatic N) is 4.